The van der Waals surface area contributed by atoms with Crippen LogP contribution in [0.4, 0.5) is 0 Å². The number of aryl methyl sites for hydroxylation is 3. The van der Waals surface area contributed by atoms with Gasteiger partial charge in [-0.1, -0.05) is 12.1 Å². The van der Waals surface area contributed by atoms with Crippen molar-refractivity contribution in [1.82, 2.24) is 15.4 Å². The molecule has 0 aliphatic carbocycles. The molecule has 1 amide bonds. The summed E-state index contributed by atoms with van der Waals surface area (Å²) >= 11 is 0. The monoisotopic (exact) mass is 347 g/mol. The Morgan fingerprint density at radius 1 is 1.32 bits per heavy atom. The minimum absolute atomic E-state index is 0.0215. The molecule has 3 rings (SSSR count). The van der Waals surface area contributed by atoms with Crippen molar-refractivity contribution in [3.8, 4) is 0 Å². The van der Waals surface area contributed by atoms with Gasteiger partial charge in [-0.2, -0.15) is 0 Å². The highest BCUT2D eigenvalue weighted by Gasteiger charge is 2.27. The number of hydrogen-bond donors (Lipinski definition) is 1. The number of nitrogens with one attached hydrogen (secondary N) is 1. The number of amides is 1. The van der Waals surface area contributed by atoms with Crippen molar-refractivity contribution in [2.45, 2.75) is 33.2 Å². The summed E-state index contributed by atoms with van der Waals surface area (Å²) in [6.45, 7) is 9.10. The van der Waals surface area contributed by atoms with Crippen LogP contribution < -0.4 is 5.32 Å². The Hall–Kier alpha value is -2.12. The van der Waals surface area contributed by atoms with Gasteiger partial charge in [0, 0.05) is 19.6 Å². The fourth-order valence-corrected chi connectivity index (χ4v) is 3.16. The Bertz CT molecular complexity index is 716. The lowest BCUT2D eigenvalue weighted by Crippen LogP contribution is -2.43. The minimum Gasteiger partial charge on any atom is -0.465 e. The van der Waals surface area contributed by atoms with Gasteiger partial charge in [-0.3, -0.25) is 9.69 Å². The lowest BCUT2D eigenvalue weighted by Gasteiger charge is -2.33. The van der Waals surface area contributed by atoms with Gasteiger partial charge in [0.2, 0.25) is 0 Å². The fraction of sp³-hybridized carbons (Fsp3) is 0.556. The average molecular weight is 347 g/mol. The zero-order valence-corrected chi connectivity index (χ0v) is 15.0. The summed E-state index contributed by atoms with van der Waals surface area (Å²) in [6.07, 6.45) is 0.657. The van der Waals surface area contributed by atoms with E-state index in [0.717, 1.165) is 24.6 Å². The van der Waals surface area contributed by atoms with E-state index in [9.17, 15) is 4.79 Å². The molecule has 1 aliphatic rings. The molecular weight excluding hydrogens is 322 g/mol. The van der Waals surface area contributed by atoms with E-state index in [2.05, 4.69) is 15.4 Å². The van der Waals surface area contributed by atoms with Crippen LogP contribution in [0.25, 0.3) is 0 Å². The largest absolute Gasteiger partial charge is 0.465 e. The van der Waals surface area contributed by atoms with Crippen LogP contribution >= 0.6 is 0 Å². The second-order valence-corrected chi connectivity index (χ2v) is 6.24. The van der Waals surface area contributed by atoms with E-state index in [-0.39, 0.29) is 11.9 Å². The third-order valence-corrected chi connectivity index (χ3v) is 4.53. The first-order chi connectivity index (χ1) is 12.1. The number of nitrogens with zero attached hydrogens (tertiary/aromatic N) is 2. The maximum Gasteiger partial charge on any atom is 0.256 e. The molecule has 0 aromatic carbocycles. The van der Waals surface area contributed by atoms with Crippen LogP contribution in [-0.2, 0) is 11.2 Å². The van der Waals surface area contributed by atoms with Crippen LogP contribution in [0.3, 0.4) is 0 Å². The highest BCUT2D eigenvalue weighted by atomic mass is 16.5. The molecule has 1 aliphatic heterocycles. The molecule has 3 heterocycles. The Labute approximate surface area is 147 Å². The summed E-state index contributed by atoms with van der Waals surface area (Å²) in [4.78, 5) is 14.9. The predicted molar refractivity (Wildman–Crippen MR) is 91.5 cm³/mol. The Balaban J connectivity index is 1.74. The molecule has 25 heavy (non-hydrogen) atoms. The van der Waals surface area contributed by atoms with Crippen LogP contribution in [0, 0.1) is 13.8 Å². The van der Waals surface area contributed by atoms with Crippen molar-refractivity contribution >= 4 is 5.91 Å². The molecule has 0 radical (unpaired) electrons. The Morgan fingerprint density at radius 3 is 2.72 bits per heavy atom. The first-order valence-electron chi connectivity index (χ1n) is 8.71. The van der Waals surface area contributed by atoms with Gasteiger partial charge in [0.15, 0.2) is 0 Å². The molecule has 7 heteroatoms. The number of carbonyl (C=O) groups excluding carboxylic acids is 1. The quantitative estimate of drug-likeness (QED) is 0.863. The standard InChI is InChI=1S/C18H25N3O4/c1-4-14-17(13(3)25-20-14)18(22)19-11-15(16-6-5-12(2)24-16)21-7-9-23-10-8-21/h5-6,15H,4,7-11H2,1-3H3,(H,19,22). The molecule has 0 bridgehead atoms. The minimum atomic E-state index is -0.155. The summed E-state index contributed by atoms with van der Waals surface area (Å²) in [5.74, 6) is 2.11. The highest BCUT2D eigenvalue weighted by Crippen LogP contribution is 2.24. The smallest absolute Gasteiger partial charge is 0.256 e. The van der Waals surface area contributed by atoms with Crippen molar-refractivity contribution in [2.75, 3.05) is 32.8 Å². The highest BCUT2D eigenvalue weighted by molar-refractivity contribution is 5.96. The molecule has 2 aromatic heterocycles. The maximum absolute atomic E-state index is 12.6. The van der Waals surface area contributed by atoms with Crippen molar-refractivity contribution < 1.29 is 18.5 Å². The number of hydrogen-bond acceptors (Lipinski definition) is 6. The predicted octanol–water partition coefficient (Wildman–Crippen LogP) is 2.25. The molecular formula is C18H25N3O4. The van der Waals surface area contributed by atoms with Crippen LogP contribution in [0.5, 0.6) is 0 Å². The Morgan fingerprint density at radius 2 is 2.08 bits per heavy atom. The second kappa shape index (κ2) is 7.84. The zero-order chi connectivity index (χ0) is 17.8. The number of furan rings is 1. The number of aromatic nitrogens is 1. The van der Waals surface area contributed by atoms with Gasteiger partial charge in [-0.25, -0.2) is 0 Å². The third kappa shape index (κ3) is 3.93. The van der Waals surface area contributed by atoms with E-state index < -0.39 is 0 Å². The lowest BCUT2D eigenvalue weighted by atomic mass is 10.1. The van der Waals surface area contributed by atoms with E-state index in [0.29, 0.717) is 43.2 Å². The van der Waals surface area contributed by atoms with Crippen molar-refractivity contribution in [3.63, 3.8) is 0 Å². The molecule has 1 unspecified atom stereocenters. The van der Waals surface area contributed by atoms with E-state index >= 15 is 0 Å². The summed E-state index contributed by atoms with van der Waals surface area (Å²) < 4.78 is 16.4. The summed E-state index contributed by atoms with van der Waals surface area (Å²) in [5, 5.41) is 6.98. The number of morpholine rings is 1. The molecule has 2 aromatic rings. The second-order valence-electron chi connectivity index (χ2n) is 6.24. The average Bonchev–Trinajstić information content (AvgIpc) is 3.21. The zero-order valence-electron chi connectivity index (χ0n) is 15.0. The number of ether oxygens (including phenoxy) is 1. The van der Waals surface area contributed by atoms with E-state index in [1.165, 1.54) is 0 Å². The van der Waals surface area contributed by atoms with Gasteiger partial charge in [0.25, 0.3) is 5.91 Å². The normalized spacial score (nSPS) is 16.8. The first kappa shape index (κ1) is 17.7. The summed E-state index contributed by atoms with van der Waals surface area (Å²) in [5.41, 5.74) is 1.23. The van der Waals surface area contributed by atoms with Gasteiger partial charge in [0.05, 0.1) is 24.9 Å². The van der Waals surface area contributed by atoms with E-state index in [1.807, 2.05) is 26.0 Å². The van der Waals surface area contributed by atoms with Crippen molar-refractivity contribution in [1.29, 1.82) is 0 Å². The van der Waals surface area contributed by atoms with Crippen LogP contribution in [0.1, 0.15) is 46.3 Å². The summed E-state index contributed by atoms with van der Waals surface area (Å²) in [6, 6.07) is 3.90. The molecule has 1 fully saturated rings. The molecule has 0 saturated carbocycles. The van der Waals surface area contributed by atoms with Gasteiger partial charge >= 0.3 is 0 Å². The molecule has 1 saturated heterocycles. The number of rotatable bonds is 6. The van der Waals surface area contributed by atoms with Gasteiger partial charge in [-0.15, -0.1) is 0 Å². The first-order valence-corrected chi connectivity index (χ1v) is 8.71. The van der Waals surface area contributed by atoms with Crippen molar-refractivity contribution in [2.24, 2.45) is 0 Å². The summed E-state index contributed by atoms with van der Waals surface area (Å²) in [7, 11) is 0. The van der Waals surface area contributed by atoms with Crippen LogP contribution in [0.2, 0.25) is 0 Å². The van der Waals surface area contributed by atoms with E-state index in [4.69, 9.17) is 13.7 Å². The van der Waals surface area contributed by atoms with Gasteiger partial charge < -0.3 is 19.0 Å². The fourth-order valence-electron chi connectivity index (χ4n) is 3.16. The maximum atomic E-state index is 12.6. The lowest BCUT2D eigenvalue weighted by molar-refractivity contribution is 0.0117. The molecule has 7 nitrogen and oxygen atoms in total. The van der Waals surface area contributed by atoms with E-state index in [1.54, 1.807) is 6.92 Å². The third-order valence-electron chi connectivity index (χ3n) is 4.53. The van der Waals surface area contributed by atoms with Crippen molar-refractivity contribution in [3.05, 3.63) is 40.7 Å². The van der Waals surface area contributed by atoms with Gasteiger partial charge in [0.1, 0.15) is 22.8 Å². The molecule has 1 N–H and O–H groups in total. The number of carbonyl (C=O) groups is 1. The topological polar surface area (TPSA) is 80.7 Å². The Kier molecular flexibility index (Phi) is 5.55. The van der Waals surface area contributed by atoms with Crippen LogP contribution in [-0.4, -0.2) is 48.8 Å². The van der Waals surface area contributed by atoms with Gasteiger partial charge in [-0.05, 0) is 32.4 Å². The molecule has 136 valence electrons. The van der Waals surface area contributed by atoms with Crippen LogP contribution in [0.15, 0.2) is 21.1 Å². The molecule has 1 atom stereocenters. The SMILES string of the molecule is CCc1noc(C)c1C(=O)NCC(c1ccc(C)o1)N1CCOCC1. The molecule has 0 spiro atoms.